The van der Waals surface area contributed by atoms with Crippen LogP contribution in [0, 0.1) is 0 Å². The van der Waals surface area contributed by atoms with E-state index in [4.69, 9.17) is 4.74 Å². The Morgan fingerprint density at radius 1 is 1.29 bits per heavy atom. The van der Waals surface area contributed by atoms with Gasteiger partial charge in [0.15, 0.2) is 0 Å². The van der Waals surface area contributed by atoms with E-state index in [0.29, 0.717) is 6.04 Å². The highest BCUT2D eigenvalue weighted by atomic mass is 16.5. The van der Waals surface area contributed by atoms with Crippen LogP contribution in [0.25, 0.3) is 0 Å². The van der Waals surface area contributed by atoms with Crippen LogP contribution in [0.1, 0.15) is 38.5 Å². The molecule has 1 spiro atoms. The van der Waals surface area contributed by atoms with E-state index in [2.05, 4.69) is 10.2 Å². The molecule has 2 heterocycles. The van der Waals surface area contributed by atoms with E-state index in [0.717, 1.165) is 26.1 Å². The number of carbonyl (C=O) groups excluding carboxylic acids is 1. The van der Waals surface area contributed by atoms with Crippen molar-refractivity contribution in [2.75, 3.05) is 26.3 Å². The van der Waals surface area contributed by atoms with Crippen molar-refractivity contribution in [1.82, 2.24) is 10.2 Å². The van der Waals surface area contributed by atoms with E-state index in [1.807, 2.05) is 0 Å². The lowest BCUT2D eigenvalue weighted by Gasteiger charge is -2.49. The van der Waals surface area contributed by atoms with E-state index in [1.54, 1.807) is 0 Å². The van der Waals surface area contributed by atoms with Gasteiger partial charge in [-0.15, -0.1) is 0 Å². The number of hydrogen-bond acceptors (Lipinski definition) is 3. The summed E-state index contributed by atoms with van der Waals surface area (Å²) in [5.41, 5.74) is -0.0304. The quantitative estimate of drug-likeness (QED) is 0.738. The van der Waals surface area contributed by atoms with Crippen molar-refractivity contribution in [3.8, 4) is 0 Å². The van der Waals surface area contributed by atoms with Gasteiger partial charge in [0, 0.05) is 12.6 Å². The normalized spacial score (nSPS) is 35.8. The summed E-state index contributed by atoms with van der Waals surface area (Å²) >= 11 is 0. The molecule has 1 amide bonds. The Hall–Kier alpha value is -0.610. The molecule has 3 rings (SSSR count). The summed E-state index contributed by atoms with van der Waals surface area (Å²) in [5.74, 6) is 0.215. The Labute approximate surface area is 103 Å². The average Bonchev–Trinajstić information content (AvgIpc) is 2.79. The lowest BCUT2D eigenvalue weighted by molar-refractivity contribution is -0.162. The number of rotatable bonds is 1. The molecular weight excluding hydrogens is 216 g/mol. The molecule has 1 N–H and O–H groups in total. The van der Waals surface area contributed by atoms with Gasteiger partial charge in [0.05, 0.1) is 12.1 Å². The Morgan fingerprint density at radius 3 is 2.82 bits per heavy atom. The van der Waals surface area contributed by atoms with Gasteiger partial charge in [-0.3, -0.25) is 4.79 Å². The van der Waals surface area contributed by atoms with E-state index >= 15 is 0 Å². The molecule has 3 fully saturated rings. The van der Waals surface area contributed by atoms with Crippen molar-refractivity contribution in [3.05, 3.63) is 0 Å². The minimum atomic E-state index is -0.0304. The molecule has 0 aromatic rings. The molecule has 0 bridgehead atoms. The van der Waals surface area contributed by atoms with Gasteiger partial charge in [0.25, 0.3) is 0 Å². The highest BCUT2D eigenvalue weighted by Crippen LogP contribution is 2.34. The molecule has 0 aromatic heterocycles. The largest absolute Gasteiger partial charge is 0.369 e. The molecule has 1 aliphatic carbocycles. The summed E-state index contributed by atoms with van der Waals surface area (Å²) in [6.45, 7) is 2.94. The van der Waals surface area contributed by atoms with E-state index in [9.17, 15) is 4.79 Å². The first-order valence-corrected chi connectivity index (χ1v) is 6.92. The number of morpholine rings is 1. The lowest BCUT2D eigenvalue weighted by Crippen LogP contribution is -2.64. The maximum absolute atomic E-state index is 12.2. The summed E-state index contributed by atoms with van der Waals surface area (Å²) in [6.07, 6.45) is 7.31. The van der Waals surface area contributed by atoms with Crippen LogP contribution in [-0.4, -0.2) is 48.7 Å². The van der Waals surface area contributed by atoms with Gasteiger partial charge in [0.1, 0.15) is 6.61 Å². The SMILES string of the molecule is O=C1COCC2(CCNC2)N1C1CCCCC1. The number of ether oxygens (including phenoxy) is 1. The third-order valence-corrected chi connectivity index (χ3v) is 4.54. The number of nitrogens with one attached hydrogen (secondary N) is 1. The van der Waals surface area contributed by atoms with Crippen LogP contribution >= 0.6 is 0 Å². The highest BCUT2D eigenvalue weighted by molar-refractivity contribution is 5.79. The molecule has 1 unspecified atom stereocenters. The fraction of sp³-hybridized carbons (Fsp3) is 0.923. The second-order valence-electron chi connectivity index (χ2n) is 5.70. The maximum atomic E-state index is 12.2. The second-order valence-corrected chi connectivity index (χ2v) is 5.70. The number of amides is 1. The van der Waals surface area contributed by atoms with Gasteiger partial charge in [0.2, 0.25) is 5.91 Å². The summed E-state index contributed by atoms with van der Waals surface area (Å²) in [4.78, 5) is 14.4. The molecule has 0 radical (unpaired) electrons. The molecule has 2 saturated heterocycles. The molecule has 17 heavy (non-hydrogen) atoms. The molecule has 3 aliphatic rings. The van der Waals surface area contributed by atoms with Crippen LogP contribution in [0.3, 0.4) is 0 Å². The van der Waals surface area contributed by atoms with Crippen molar-refractivity contribution in [3.63, 3.8) is 0 Å². The van der Waals surface area contributed by atoms with E-state index < -0.39 is 0 Å². The minimum Gasteiger partial charge on any atom is -0.369 e. The van der Waals surface area contributed by atoms with Gasteiger partial charge in [-0.2, -0.15) is 0 Å². The van der Waals surface area contributed by atoms with Gasteiger partial charge >= 0.3 is 0 Å². The van der Waals surface area contributed by atoms with E-state index in [-0.39, 0.29) is 18.1 Å². The zero-order valence-electron chi connectivity index (χ0n) is 10.4. The molecule has 1 saturated carbocycles. The Balaban J connectivity index is 1.82. The standard InChI is InChI=1S/C13H22N2O2/c16-12-8-17-10-13(6-7-14-9-13)15(12)11-4-2-1-3-5-11/h11,14H,1-10H2. The monoisotopic (exact) mass is 238 g/mol. The maximum Gasteiger partial charge on any atom is 0.249 e. The summed E-state index contributed by atoms with van der Waals surface area (Å²) in [7, 11) is 0. The van der Waals surface area contributed by atoms with E-state index in [1.165, 1.54) is 32.1 Å². The predicted octanol–water partition coefficient (Wildman–Crippen LogP) is 0.910. The first-order chi connectivity index (χ1) is 8.32. The number of hydrogen-bond donors (Lipinski definition) is 1. The summed E-state index contributed by atoms with van der Waals surface area (Å²) < 4.78 is 5.51. The molecular formula is C13H22N2O2. The van der Waals surface area contributed by atoms with Crippen LogP contribution in [0.4, 0.5) is 0 Å². The average molecular weight is 238 g/mol. The summed E-state index contributed by atoms with van der Waals surface area (Å²) in [5, 5.41) is 3.40. The van der Waals surface area contributed by atoms with Crippen molar-refractivity contribution < 1.29 is 9.53 Å². The lowest BCUT2D eigenvalue weighted by atomic mass is 9.87. The molecule has 4 nitrogen and oxygen atoms in total. The van der Waals surface area contributed by atoms with Gasteiger partial charge in [-0.25, -0.2) is 0 Å². The van der Waals surface area contributed by atoms with Crippen LogP contribution in [0.5, 0.6) is 0 Å². The topological polar surface area (TPSA) is 41.6 Å². The highest BCUT2D eigenvalue weighted by Gasteiger charge is 2.48. The third-order valence-electron chi connectivity index (χ3n) is 4.54. The Kier molecular flexibility index (Phi) is 3.09. The third kappa shape index (κ3) is 1.97. The van der Waals surface area contributed by atoms with Crippen molar-refractivity contribution >= 4 is 5.91 Å². The Bertz CT molecular complexity index is 294. The van der Waals surface area contributed by atoms with Crippen LogP contribution in [-0.2, 0) is 9.53 Å². The summed E-state index contributed by atoms with van der Waals surface area (Å²) in [6, 6.07) is 0.472. The molecule has 0 aromatic carbocycles. The molecule has 1 atom stereocenters. The predicted molar refractivity (Wildman–Crippen MR) is 64.8 cm³/mol. The fourth-order valence-electron chi connectivity index (χ4n) is 3.72. The van der Waals surface area contributed by atoms with Gasteiger partial charge in [-0.1, -0.05) is 19.3 Å². The van der Waals surface area contributed by atoms with Crippen molar-refractivity contribution in [2.24, 2.45) is 0 Å². The molecule has 4 heteroatoms. The van der Waals surface area contributed by atoms with Crippen molar-refractivity contribution in [1.29, 1.82) is 0 Å². The van der Waals surface area contributed by atoms with Crippen LogP contribution in [0.15, 0.2) is 0 Å². The smallest absolute Gasteiger partial charge is 0.249 e. The van der Waals surface area contributed by atoms with Crippen LogP contribution in [0.2, 0.25) is 0 Å². The molecule has 96 valence electrons. The fourth-order valence-corrected chi connectivity index (χ4v) is 3.72. The second kappa shape index (κ2) is 4.58. The number of nitrogens with zero attached hydrogens (tertiary/aromatic N) is 1. The van der Waals surface area contributed by atoms with Gasteiger partial charge < -0.3 is 15.0 Å². The zero-order valence-corrected chi connectivity index (χ0v) is 10.4. The van der Waals surface area contributed by atoms with Gasteiger partial charge in [-0.05, 0) is 25.8 Å². The van der Waals surface area contributed by atoms with Crippen molar-refractivity contribution in [2.45, 2.75) is 50.1 Å². The Morgan fingerprint density at radius 2 is 2.12 bits per heavy atom. The first-order valence-electron chi connectivity index (χ1n) is 6.92. The first kappa shape index (κ1) is 11.5. The molecule has 2 aliphatic heterocycles. The zero-order chi connectivity index (χ0) is 11.7. The number of carbonyl (C=O) groups is 1. The minimum absolute atomic E-state index is 0.0304. The van der Waals surface area contributed by atoms with Crippen LogP contribution < -0.4 is 5.32 Å².